The predicted molar refractivity (Wildman–Crippen MR) is 101 cm³/mol. The highest BCUT2D eigenvalue weighted by molar-refractivity contribution is 7.89. The van der Waals surface area contributed by atoms with E-state index in [0.29, 0.717) is 11.5 Å². The molecule has 2 aromatic carbocycles. The lowest BCUT2D eigenvalue weighted by Gasteiger charge is -2.09. The van der Waals surface area contributed by atoms with Crippen molar-refractivity contribution in [1.82, 2.24) is 9.44 Å². The highest BCUT2D eigenvalue weighted by atomic mass is 32.2. The molecule has 0 aliphatic rings. The Morgan fingerprint density at radius 1 is 0.667 bits per heavy atom. The molecule has 27 heavy (non-hydrogen) atoms. The summed E-state index contributed by atoms with van der Waals surface area (Å²) in [6.07, 6.45) is 0. The molecule has 0 radical (unpaired) electrons. The molecule has 0 saturated carbocycles. The van der Waals surface area contributed by atoms with E-state index in [-0.39, 0.29) is 36.0 Å². The monoisotopic (exact) mass is 414 g/mol. The smallest absolute Gasteiger partial charge is 0.240 e. The molecule has 0 spiro atoms. The van der Waals surface area contributed by atoms with Gasteiger partial charge in [-0.25, -0.2) is 26.3 Å². The van der Waals surface area contributed by atoms with E-state index in [2.05, 4.69) is 9.44 Å². The molecule has 0 aromatic heterocycles. The Labute approximate surface area is 158 Å². The molecule has 0 amide bonds. The first-order valence-electron chi connectivity index (χ1n) is 8.06. The third kappa shape index (κ3) is 5.99. The van der Waals surface area contributed by atoms with Crippen LogP contribution in [-0.4, -0.2) is 43.0 Å². The van der Waals surface area contributed by atoms with Crippen LogP contribution in [-0.2, 0) is 20.0 Å². The molecule has 0 unspecified atom stereocenters. The molecule has 148 valence electrons. The lowest BCUT2D eigenvalue weighted by molar-refractivity contribution is 0.481. The van der Waals surface area contributed by atoms with Crippen molar-refractivity contribution in [2.75, 3.05) is 26.2 Å². The van der Waals surface area contributed by atoms with Crippen LogP contribution in [0, 0.1) is 0 Å². The minimum atomic E-state index is -3.61. The average Bonchev–Trinajstić information content (AvgIpc) is 2.66. The molecule has 11 heteroatoms. The zero-order valence-electron chi connectivity index (χ0n) is 14.5. The molecule has 0 atom stereocenters. The largest absolute Gasteiger partial charge is 0.457 e. The zero-order chi connectivity index (χ0) is 19.9. The van der Waals surface area contributed by atoms with Gasteiger partial charge in [0.05, 0.1) is 9.79 Å². The van der Waals surface area contributed by atoms with Gasteiger partial charge in [-0.1, -0.05) is 0 Å². The number of sulfonamides is 2. The second-order valence-electron chi connectivity index (χ2n) is 5.42. The standard InChI is InChI=1S/C16H22N4O5S2/c17-9-11-19-26(21,22)15-5-1-13(2-6-15)25-14-3-7-16(8-4-14)27(23,24)20-12-10-18/h1-8,19-20H,9-12,17-18H2. The van der Waals surface area contributed by atoms with Gasteiger partial charge in [0, 0.05) is 26.2 Å². The van der Waals surface area contributed by atoms with E-state index < -0.39 is 20.0 Å². The molecule has 2 rings (SSSR count). The normalized spacial score (nSPS) is 12.1. The second-order valence-corrected chi connectivity index (χ2v) is 8.95. The minimum absolute atomic E-state index is 0.0933. The molecule has 0 fully saturated rings. The molecular weight excluding hydrogens is 392 g/mol. The number of rotatable bonds is 10. The van der Waals surface area contributed by atoms with Gasteiger partial charge in [0.2, 0.25) is 20.0 Å². The molecule has 0 aliphatic carbocycles. The van der Waals surface area contributed by atoms with Gasteiger partial charge in [-0.2, -0.15) is 0 Å². The van der Waals surface area contributed by atoms with Crippen LogP contribution in [0.15, 0.2) is 58.3 Å². The van der Waals surface area contributed by atoms with Crippen LogP contribution in [0.25, 0.3) is 0 Å². The van der Waals surface area contributed by atoms with Crippen LogP contribution >= 0.6 is 0 Å². The minimum Gasteiger partial charge on any atom is -0.457 e. The van der Waals surface area contributed by atoms with Crippen LogP contribution in [0.4, 0.5) is 0 Å². The maximum absolute atomic E-state index is 12.0. The maximum Gasteiger partial charge on any atom is 0.240 e. The molecule has 0 saturated heterocycles. The summed E-state index contributed by atoms with van der Waals surface area (Å²) in [5.41, 5.74) is 10.6. The lowest BCUT2D eigenvalue weighted by atomic mass is 10.3. The summed E-state index contributed by atoms with van der Waals surface area (Å²) in [7, 11) is -7.22. The Kier molecular flexibility index (Phi) is 7.30. The van der Waals surface area contributed by atoms with Crippen molar-refractivity contribution >= 4 is 20.0 Å². The van der Waals surface area contributed by atoms with Crippen LogP contribution in [0.1, 0.15) is 0 Å². The molecule has 2 aromatic rings. The fourth-order valence-electron chi connectivity index (χ4n) is 2.06. The molecule has 0 heterocycles. The fourth-order valence-corrected chi connectivity index (χ4v) is 4.16. The van der Waals surface area contributed by atoms with Crippen LogP contribution in [0.5, 0.6) is 11.5 Å². The van der Waals surface area contributed by atoms with Crippen molar-refractivity contribution in [3.63, 3.8) is 0 Å². The Morgan fingerprint density at radius 3 is 1.30 bits per heavy atom. The quantitative estimate of drug-likeness (QED) is 0.425. The summed E-state index contributed by atoms with van der Waals surface area (Å²) in [5.74, 6) is 0.814. The van der Waals surface area contributed by atoms with Crippen molar-refractivity contribution in [1.29, 1.82) is 0 Å². The van der Waals surface area contributed by atoms with Gasteiger partial charge in [-0.05, 0) is 48.5 Å². The van der Waals surface area contributed by atoms with E-state index in [9.17, 15) is 16.8 Å². The number of nitrogens with two attached hydrogens (primary N) is 2. The van der Waals surface area contributed by atoms with Crippen molar-refractivity contribution in [2.45, 2.75) is 9.79 Å². The highest BCUT2D eigenvalue weighted by Gasteiger charge is 2.14. The van der Waals surface area contributed by atoms with Gasteiger partial charge in [0.25, 0.3) is 0 Å². The van der Waals surface area contributed by atoms with E-state index in [4.69, 9.17) is 16.2 Å². The van der Waals surface area contributed by atoms with E-state index in [0.717, 1.165) is 0 Å². The molecule has 6 N–H and O–H groups in total. The molecule has 0 aliphatic heterocycles. The van der Waals surface area contributed by atoms with Crippen molar-refractivity contribution in [2.24, 2.45) is 11.5 Å². The average molecular weight is 415 g/mol. The fraction of sp³-hybridized carbons (Fsp3) is 0.250. The summed E-state index contributed by atoms with van der Waals surface area (Å²) >= 11 is 0. The number of nitrogens with one attached hydrogen (secondary N) is 2. The first kappa shape index (κ1) is 21.3. The van der Waals surface area contributed by atoms with Crippen LogP contribution < -0.4 is 25.6 Å². The highest BCUT2D eigenvalue weighted by Crippen LogP contribution is 2.24. The molecular formula is C16H22N4O5S2. The van der Waals surface area contributed by atoms with Gasteiger partial charge < -0.3 is 16.2 Å². The zero-order valence-corrected chi connectivity index (χ0v) is 16.1. The molecule has 9 nitrogen and oxygen atoms in total. The summed E-state index contributed by atoms with van der Waals surface area (Å²) in [5, 5.41) is 0. The lowest BCUT2D eigenvalue weighted by Crippen LogP contribution is -2.29. The SMILES string of the molecule is NCCNS(=O)(=O)c1ccc(Oc2ccc(S(=O)(=O)NCCN)cc2)cc1. The topological polar surface area (TPSA) is 154 Å². The number of benzene rings is 2. The predicted octanol–water partition coefficient (Wildman–Crippen LogP) is -0.0471. The van der Waals surface area contributed by atoms with Crippen LogP contribution in [0.3, 0.4) is 0 Å². The Bertz CT molecular complexity index is 864. The van der Waals surface area contributed by atoms with Crippen molar-refractivity contribution in [3.05, 3.63) is 48.5 Å². The van der Waals surface area contributed by atoms with Crippen molar-refractivity contribution < 1.29 is 21.6 Å². The summed E-state index contributed by atoms with van der Waals surface area (Å²) in [4.78, 5) is 0.187. The Balaban J connectivity index is 2.07. The Hall–Kier alpha value is -2.02. The van der Waals surface area contributed by atoms with E-state index >= 15 is 0 Å². The molecule has 0 bridgehead atoms. The third-order valence-corrected chi connectivity index (χ3v) is 6.33. The van der Waals surface area contributed by atoms with Gasteiger partial charge in [-0.15, -0.1) is 0 Å². The first-order valence-corrected chi connectivity index (χ1v) is 11.0. The summed E-state index contributed by atoms with van der Waals surface area (Å²) < 4.78 is 58.3. The van der Waals surface area contributed by atoms with Gasteiger partial charge >= 0.3 is 0 Å². The number of ether oxygens (including phenoxy) is 1. The van der Waals surface area contributed by atoms with E-state index in [1.807, 2.05) is 0 Å². The van der Waals surface area contributed by atoms with Gasteiger partial charge in [0.1, 0.15) is 11.5 Å². The Morgan fingerprint density at radius 2 is 1.00 bits per heavy atom. The summed E-state index contributed by atoms with van der Waals surface area (Å²) in [6.45, 7) is 0.702. The number of hydrogen-bond acceptors (Lipinski definition) is 7. The van der Waals surface area contributed by atoms with Gasteiger partial charge in [0.15, 0.2) is 0 Å². The first-order chi connectivity index (χ1) is 12.8. The third-order valence-electron chi connectivity index (χ3n) is 3.38. The summed E-state index contributed by atoms with van der Waals surface area (Å²) in [6, 6.07) is 11.6. The van der Waals surface area contributed by atoms with Crippen molar-refractivity contribution in [3.8, 4) is 11.5 Å². The second kappa shape index (κ2) is 9.26. The van der Waals surface area contributed by atoms with E-state index in [1.54, 1.807) is 0 Å². The van der Waals surface area contributed by atoms with E-state index in [1.165, 1.54) is 48.5 Å². The number of hydrogen-bond donors (Lipinski definition) is 4. The van der Waals surface area contributed by atoms with Gasteiger partial charge in [-0.3, -0.25) is 0 Å². The van der Waals surface area contributed by atoms with Crippen LogP contribution in [0.2, 0.25) is 0 Å². The maximum atomic E-state index is 12.0.